The number of amides is 2. The molecule has 3 rings (SSSR count). The van der Waals surface area contributed by atoms with Gasteiger partial charge in [-0.3, -0.25) is 23.5 Å². The van der Waals surface area contributed by atoms with Crippen molar-refractivity contribution in [2.24, 2.45) is 0 Å². The first-order valence-corrected chi connectivity index (χ1v) is 9.57. The van der Waals surface area contributed by atoms with Crippen molar-refractivity contribution in [1.29, 1.82) is 0 Å². The monoisotopic (exact) mass is 411 g/mol. The number of hydrogen-bond donors (Lipinski definition) is 2. The lowest BCUT2D eigenvalue weighted by molar-refractivity contribution is -0.151. The van der Waals surface area contributed by atoms with Crippen molar-refractivity contribution in [3.8, 4) is 0 Å². The molecule has 1 aromatic rings. The molecule has 3 heterocycles. The molecule has 0 aliphatic carbocycles. The Morgan fingerprint density at radius 1 is 1.46 bits per heavy atom. The Balaban J connectivity index is 1.75. The Morgan fingerprint density at radius 2 is 2.18 bits per heavy atom. The zero-order valence-electron chi connectivity index (χ0n) is 15.0. The van der Waals surface area contributed by atoms with Crippen LogP contribution in [0.2, 0.25) is 0 Å². The Hall–Kier alpha value is -3.02. The maximum atomic E-state index is 12.5. The van der Waals surface area contributed by atoms with Crippen LogP contribution < -0.4 is 5.32 Å². The van der Waals surface area contributed by atoms with E-state index in [0.717, 1.165) is 11.8 Å². The van der Waals surface area contributed by atoms with Crippen molar-refractivity contribution < 1.29 is 37.8 Å². The van der Waals surface area contributed by atoms with E-state index in [-0.39, 0.29) is 30.1 Å². The van der Waals surface area contributed by atoms with E-state index in [4.69, 9.17) is 9.26 Å². The molecule has 1 aromatic heterocycles. The predicted molar refractivity (Wildman–Crippen MR) is 91.8 cm³/mol. The van der Waals surface area contributed by atoms with E-state index >= 15 is 0 Å². The van der Waals surface area contributed by atoms with Gasteiger partial charge in [-0.25, -0.2) is 4.79 Å². The molecule has 28 heavy (non-hydrogen) atoms. The summed E-state index contributed by atoms with van der Waals surface area (Å²) in [6, 6.07) is 0.460. The number of nitrogens with zero attached hydrogens (tertiary/aromatic N) is 2. The number of ether oxygens (including phenoxy) is 1. The number of carboxylic acid groups (broad SMARTS) is 1. The molecule has 0 spiro atoms. The molecule has 1 fully saturated rings. The predicted octanol–water partition coefficient (Wildman–Crippen LogP) is -1.16. The number of esters is 1. The van der Waals surface area contributed by atoms with Crippen molar-refractivity contribution in [2.45, 2.75) is 31.7 Å². The summed E-state index contributed by atoms with van der Waals surface area (Å²) < 4.78 is 22.3. The number of rotatable bonds is 6. The molecule has 0 unspecified atom stereocenters. The summed E-state index contributed by atoms with van der Waals surface area (Å²) in [5.41, 5.74) is 0.304. The topological polar surface area (TPSA) is 156 Å². The molecule has 2 N–H and O–H groups in total. The SMILES string of the molecule is CC(=O)OCC1=C(C(=O)O)N2C(=O)[C@@H](NC(=O)Cc3cc(C)no3)[C@H]2[S@](=O)C1. The van der Waals surface area contributed by atoms with Crippen LogP contribution in [0.25, 0.3) is 0 Å². The minimum atomic E-state index is -1.68. The first kappa shape index (κ1) is 19.7. The largest absolute Gasteiger partial charge is 0.477 e. The smallest absolute Gasteiger partial charge is 0.352 e. The summed E-state index contributed by atoms with van der Waals surface area (Å²) in [4.78, 5) is 48.1. The first-order chi connectivity index (χ1) is 13.2. The normalized spacial score (nSPS) is 23.7. The van der Waals surface area contributed by atoms with Crippen molar-refractivity contribution in [2.75, 3.05) is 12.4 Å². The molecule has 2 amide bonds. The van der Waals surface area contributed by atoms with Crippen LogP contribution in [0.15, 0.2) is 21.9 Å². The summed E-state index contributed by atoms with van der Waals surface area (Å²) >= 11 is 0. The lowest BCUT2D eigenvalue weighted by atomic mass is 10.0. The zero-order valence-corrected chi connectivity index (χ0v) is 15.8. The van der Waals surface area contributed by atoms with Gasteiger partial charge in [0.05, 0.1) is 28.7 Å². The lowest BCUT2D eigenvalue weighted by Gasteiger charge is -2.48. The van der Waals surface area contributed by atoms with E-state index in [1.165, 1.54) is 0 Å². The average molecular weight is 411 g/mol. The van der Waals surface area contributed by atoms with Gasteiger partial charge in [-0.05, 0) is 6.92 Å². The first-order valence-electron chi connectivity index (χ1n) is 8.19. The minimum Gasteiger partial charge on any atom is -0.477 e. The van der Waals surface area contributed by atoms with Crippen LogP contribution in [0.4, 0.5) is 0 Å². The van der Waals surface area contributed by atoms with Gasteiger partial charge in [0.25, 0.3) is 5.91 Å². The maximum absolute atomic E-state index is 12.5. The third-order valence-electron chi connectivity index (χ3n) is 4.19. The average Bonchev–Trinajstić information content (AvgIpc) is 3.01. The van der Waals surface area contributed by atoms with E-state index in [9.17, 15) is 28.5 Å². The van der Waals surface area contributed by atoms with Gasteiger partial charge < -0.3 is 19.7 Å². The Kier molecular flexibility index (Phi) is 5.31. The number of aromatic nitrogens is 1. The van der Waals surface area contributed by atoms with Gasteiger partial charge in [0.2, 0.25) is 5.91 Å². The number of carbonyl (C=O) groups excluding carboxylic acids is 3. The van der Waals surface area contributed by atoms with E-state index in [0.29, 0.717) is 11.5 Å². The van der Waals surface area contributed by atoms with Gasteiger partial charge in [0.15, 0.2) is 0 Å². The van der Waals surface area contributed by atoms with Crippen LogP contribution in [-0.4, -0.2) is 66.9 Å². The fraction of sp³-hybridized carbons (Fsp3) is 0.438. The van der Waals surface area contributed by atoms with E-state index in [1.54, 1.807) is 13.0 Å². The van der Waals surface area contributed by atoms with Gasteiger partial charge in [-0.15, -0.1) is 0 Å². The standard InChI is InChI=1S/C16H17N3O8S/c1-7-3-10(27-18-7)4-11(21)17-12-14(22)19-13(16(23)24)9(5-26-8(2)20)6-28(25)15(12)19/h3,12,15H,4-6H2,1-2H3,(H,17,21)(H,23,24)/t12-,15-,28-/m1/s1. The Bertz CT molecular complexity index is 921. The van der Waals surface area contributed by atoms with Crippen molar-refractivity contribution in [3.05, 3.63) is 28.8 Å². The highest BCUT2D eigenvalue weighted by molar-refractivity contribution is 7.86. The van der Waals surface area contributed by atoms with Gasteiger partial charge in [-0.2, -0.15) is 0 Å². The van der Waals surface area contributed by atoms with Crippen molar-refractivity contribution in [3.63, 3.8) is 0 Å². The van der Waals surface area contributed by atoms with Gasteiger partial charge >= 0.3 is 11.9 Å². The van der Waals surface area contributed by atoms with Crippen LogP contribution in [0.5, 0.6) is 0 Å². The number of hydrogen-bond acceptors (Lipinski definition) is 8. The highest BCUT2D eigenvalue weighted by atomic mass is 32.2. The van der Waals surface area contributed by atoms with E-state index in [1.807, 2.05) is 0 Å². The molecule has 150 valence electrons. The van der Waals surface area contributed by atoms with Crippen LogP contribution >= 0.6 is 0 Å². The molecule has 2 aliphatic heterocycles. The van der Waals surface area contributed by atoms with Crippen LogP contribution in [-0.2, 0) is 41.1 Å². The summed E-state index contributed by atoms with van der Waals surface area (Å²) in [6.07, 6.45) is -0.163. The molecule has 3 atom stereocenters. The molecular formula is C16H17N3O8S. The van der Waals surface area contributed by atoms with Gasteiger partial charge in [-0.1, -0.05) is 5.16 Å². The number of aryl methyl sites for hydroxylation is 1. The lowest BCUT2D eigenvalue weighted by Crippen LogP contribution is -2.73. The fourth-order valence-corrected chi connectivity index (χ4v) is 4.70. The molecule has 0 saturated carbocycles. The maximum Gasteiger partial charge on any atom is 0.352 e. The molecule has 11 nitrogen and oxygen atoms in total. The molecule has 2 aliphatic rings. The van der Waals surface area contributed by atoms with Crippen molar-refractivity contribution in [1.82, 2.24) is 15.4 Å². The third-order valence-corrected chi connectivity index (χ3v) is 5.84. The second-order valence-corrected chi connectivity index (χ2v) is 7.85. The third kappa shape index (κ3) is 3.67. The summed E-state index contributed by atoms with van der Waals surface area (Å²) in [5, 5.41) is 14.6. The number of carbonyl (C=O) groups is 4. The number of nitrogens with one attached hydrogen (secondary N) is 1. The zero-order chi connectivity index (χ0) is 20.6. The summed E-state index contributed by atoms with van der Waals surface area (Å²) in [6.45, 7) is 2.47. The number of β-lactam (4-membered cyclic amide) rings is 1. The second-order valence-electron chi connectivity index (χ2n) is 6.32. The summed E-state index contributed by atoms with van der Waals surface area (Å²) in [7, 11) is -1.68. The van der Waals surface area contributed by atoms with E-state index in [2.05, 4.69) is 10.5 Å². The number of fused-ring (bicyclic) bond motifs is 1. The summed E-state index contributed by atoms with van der Waals surface area (Å²) in [5.74, 6) is -3.16. The van der Waals surface area contributed by atoms with Crippen LogP contribution in [0, 0.1) is 6.92 Å². The quantitative estimate of drug-likeness (QED) is 0.435. The van der Waals surface area contributed by atoms with E-state index < -0.39 is 46.0 Å². The molecule has 0 bridgehead atoms. The van der Waals surface area contributed by atoms with Crippen LogP contribution in [0.3, 0.4) is 0 Å². The molecular weight excluding hydrogens is 394 g/mol. The highest BCUT2D eigenvalue weighted by Gasteiger charge is 2.57. The molecule has 0 radical (unpaired) electrons. The second kappa shape index (κ2) is 7.54. The Labute approximate surface area is 161 Å². The molecule has 12 heteroatoms. The highest BCUT2D eigenvalue weighted by Crippen LogP contribution is 2.35. The number of carboxylic acids is 1. The molecule has 0 aromatic carbocycles. The Morgan fingerprint density at radius 3 is 2.75 bits per heavy atom. The van der Waals surface area contributed by atoms with Crippen LogP contribution in [0.1, 0.15) is 18.4 Å². The van der Waals surface area contributed by atoms with Crippen molar-refractivity contribution >= 4 is 34.6 Å². The van der Waals surface area contributed by atoms with Gasteiger partial charge in [0, 0.05) is 18.6 Å². The van der Waals surface area contributed by atoms with Gasteiger partial charge in [0.1, 0.15) is 29.5 Å². The fourth-order valence-electron chi connectivity index (χ4n) is 3.04. The minimum absolute atomic E-state index is 0.0764. The number of aliphatic carboxylic acids is 1. The molecule has 1 saturated heterocycles.